The molecule has 1 unspecified atom stereocenters. The van der Waals surface area contributed by atoms with Gasteiger partial charge in [0.2, 0.25) is 0 Å². The Balaban J connectivity index is 3.24. The molecule has 0 aliphatic carbocycles. The fourth-order valence-electron chi connectivity index (χ4n) is 1.84. The molecule has 1 atom stereocenters. The topological polar surface area (TPSA) is 49.3 Å². The zero-order chi connectivity index (χ0) is 12.2. The third-order valence-electron chi connectivity index (χ3n) is 2.69. The third-order valence-corrected chi connectivity index (χ3v) is 3.18. The fraction of sp³-hybridized carbons (Fsp3) is 0.417. The monoisotopic (exact) mass is 285 g/mol. The van der Waals surface area contributed by atoms with Gasteiger partial charge in [-0.1, -0.05) is 41.9 Å². The molecule has 16 heavy (non-hydrogen) atoms. The van der Waals surface area contributed by atoms with Crippen LogP contribution in [0.2, 0.25) is 0 Å². The smallest absolute Gasteiger partial charge is 0.328 e. The number of carboxylic acid groups (broad SMARTS) is 1. The number of nitrogens with one attached hydrogen (secondary N) is 1. The lowest BCUT2D eigenvalue weighted by atomic mass is 9.87. The molecule has 0 amide bonds. The minimum atomic E-state index is -0.988. The molecule has 4 heteroatoms. The number of hydrogen-bond acceptors (Lipinski definition) is 2. The highest BCUT2D eigenvalue weighted by molar-refractivity contribution is 9.10. The van der Waals surface area contributed by atoms with Crippen LogP contribution >= 0.6 is 15.9 Å². The van der Waals surface area contributed by atoms with Gasteiger partial charge in [0.25, 0.3) is 0 Å². The molecule has 1 aromatic carbocycles. The molecule has 0 aromatic heterocycles. The van der Waals surface area contributed by atoms with Crippen LogP contribution in [-0.2, 0) is 10.3 Å². The van der Waals surface area contributed by atoms with Crippen LogP contribution in [-0.4, -0.2) is 17.6 Å². The lowest BCUT2D eigenvalue weighted by molar-refractivity contribution is -0.145. The van der Waals surface area contributed by atoms with Gasteiger partial charge in [-0.25, -0.2) is 4.79 Å². The van der Waals surface area contributed by atoms with Gasteiger partial charge in [0.15, 0.2) is 0 Å². The van der Waals surface area contributed by atoms with E-state index >= 15 is 0 Å². The van der Waals surface area contributed by atoms with E-state index < -0.39 is 11.5 Å². The first-order valence-corrected chi connectivity index (χ1v) is 6.10. The van der Waals surface area contributed by atoms with E-state index in [2.05, 4.69) is 21.2 Å². The van der Waals surface area contributed by atoms with Gasteiger partial charge < -0.3 is 5.11 Å². The first kappa shape index (κ1) is 13.2. The number of halogens is 1. The van der Waals surface area contributed by atoms with E-state index in [0.29, 0.717) is 13.0 Å². The Labute approximate surface area is 104 Å². The Kier molecular flexibility index (Phi) is 4.50. The van der Waals surface area contributed by atoms with Gasteiger partial charge in [-0.3, -0.25) is 5.32 Å². The van der Waals surface area contributed by atoms with Crippen molar-refractivity contribution >= 4 is 21.9 Å². The quantitative estimate of drug-likeness (QED) is 0.875. The molecular weight excluding hydrogens is 270 g/mol. The average molecular weight is 286 g/mol. The average Bonchev–Trinajstić information content (AvgIpc) is 2.25. The Morgan fingerprint density at radius 3 is 2.62 bits per heavy atom. The van der Waals surface area contributed by atoms with Gasteiger partial charge in [0.05, 0.1) is 0 Å². The standard InChI is InChI=1S/C12H16BrNO2/c1-3-12(11(15)16,14-4-2)9-6-5-7-10(13)8-9/h5-8,14H,3-4H2,1-2H3,(H,15,16). The van der Waals surface area contributed by atoms with Crippen LogP contribution < -0.4 is 5.32 Å². The summed E-state index contributed by atoms with van der Waals surface area (Å²) in [6, 6.07) is 7.42. The number of benzene rings is 1. The molecule has 0 spiro atoms. The molecule has 0 radical (unpaired) electrons. The number of carboxylic acids is 1. The summed E-state index contributed by atoms with van der Waals surface area (Å²) in [6.45, 7) is 4.40. The zero-order valence-corrected chi connectivity index (χ0v) is 11.0. The van der Waals surface area contributed by atoms with Crippen molar-refractivity contribution in [3.8, 4) is 0 Å². The molecule has 0 heterocycles. The predicted octanol–water partition coefficient (Wildman–Crippen LogP) is 2.75. The first-order chi connectivity index (χ1) is 7.56. The summed E-state index contributed by atoms with van der Waals surface area (Å²) in [5, 5.41) is 12.5. The van der Waals surface area contributed by atoms with Crippen LogP contribution in [0.15, 0.2) is 28.7 Å². The van der Waals surface area contributed by atoms with Crippen LogP contribution in [0.1, 0.15) is 25.8 Å². The summed E-state index contributed by atoms with van der Waals surface area (Å²) in [5.41, 5.74) is -0.211. The molecule has 3 nitrogen and oxygen atoms in total. The van der Waals surface area contributed by atoms with Crippen LogP contribution in [0.3, 0.4) is 0 Å². The highest BCUT2D eigenvalue weighted by Crippen LogP contribution is 2.27. The van der Waals surface area contributed by atoms with Crippen molar-refractivity contribution in [2.45, 2.75) is 25.8 Å². The Bertz CT molecular complexity index is 381. The minimum absolute atomic E-state index is 0.507. The SMILES string of the molecule is CCNC(CC)(C(=O)O)c1cccc(Br)c1. The van der Waals surface area contributed by atoms with Crippen LogP contribution in [0, 0.1) is 0 Å². The van der Waals surface area contributed by atoms with E-state index in [-0.39, 0.29) is 0 Å². The van der Waals surface area contributed by atoms with E-state index in [9.17, 15) is 9.90 Å². The summed E-state index contributed by atoms with van der Waals surface area (Å²) in [5.74, 6) is -0.838. The molecule has 1 rings (SSSR count). The second kappa shape index (κ2) is 5.46. The van der Waals surface area contributed by atoms with Crippen molar-refractivity contribution in [2.75, 3.05) is 6.54 Å². The number of carbonyl (C=O) groups is 1. The Morgan fingerprint density at radius 1 is 1.50 bits per heavy atom. The number of rotatable bonds is 5. The maximum atomic E-state index is 11.5. The molecule has 88 valence electrons. The molecule has 0 aliphatic rings. The van der Waals surface area contributed by atoms with Gasteiger partial charge in [0, 0.05) is 4.47 Å². The molecule has 2 N–H and O–H groups in total. The number of likely N-dealkylation sites (N-methyl/N-ethyl adjacent to an activating group) is 1. The summed E-state index contributed by atoms with van der Waals surface area (Å²) in [7, 11) is 0. The zero-order valence-electron chi connectivity index (χ0n) is 9.46. The molecule has 0 saturated heterocycles. The van der Waals surface area contributed by atoms with Crippen molar-refractivity contribution in [1.82, 2.24) is 5.32 Å². The Morgan fingerprint density at radius 2 is 2.19 bits per heavy atom. The number of aliphatic carboxylic acids is 1. The van der Waals surface area contributed by atoms with E-state index in [1.807, 2.05) is 38.1 Å². The maximum Gasteiger partial charge on any atom is 0.328 e. The first-order valence-electron chi connectivity index (χ1n) is 5.31. The molecule has 0 aliphatic heterocycles. The van der Waals surface area contributed by atoms with Crippen LogP contribution in [0.5, 0.6) is 0 Å². The van der Waals surface area contributed by atoms with Gasteiger partial charge in [-0.15, -0.1) is 0 Å². The molecular formula is C12H16BrNO2. The van der Waals surface area contributed by atoms with E-state index in [0.717, 1.165) is 10.0 Å². The van der Waals surface area contributed by atoms with Crippen LogP contribution in [0.25, 0.3) is 0 Å². The van der Waals surface area contributed by atoms with E-state index in [4.69, 9.17) is 0 Å². The van der Waals surface area contributed by atoms with Crippen molar-refractivity contribution in [1.29, 1.82) is 0 Å². The highest BCUT2D eigenvalue weighted by Gasteiger charge is 2.37. The molecule has 0 saturated carbocycles. The van der Waals surface area contributed by atoms with Gasteiger partial charge in [-0.05, 0) is 30.7 Å². The predicted molar refractivity (Wildman–Crippen MR) is 67.4 cm³/mol. The van der Waals surface area contributed by atoms with Crippen molar-refractivity contribution in [2.24, 2.45) is 0 Å². The lowest BCUT2D eigenvalue weighted by Gasteiger charge is -2.29. The van der Waals surface area contributed by atoms with Crippen molar-refractivity contribution in [3.63, 3.8) is 0 Å². The van der Waals surface area contributed by atoms with Crippen molar-refractivity contribution < 1.29 is 9.90 Å². The summed E-state index contributed by atoms with van der Waals surface area (Å²) >= 11 is 3.36. The maximum absolute atomic E-state index is 11.5. The fourth-order valence-corrected chi connectivity index (χ4v) is 2.24. The summed E-state index contributed by atoms with van der Waals surface area (Å²) in [4.78, 5) is 11.5. The third kappa shape index (κ3) is 2.44. The van der Waals surface area contributed by atoms with Gasteiger partial charge in [-0.2, -0.15) is 0 Å². The van der Waals surface area contributed by atoms with Gasteiger partial charge in [0.1, 0.15) is 5.54 Å². The Hall–Kier alpha value is -0.870. The van der Waals surface area contributed by atoms with E-state index in [1.54, 1.807) is 0 Å². The van der Waals surface area contributed by atoms with Gasteiger partial charge >= 0.3 is 5.97 Å². The van der Waals surface area contributed by atoms with E-state index in [1.165, 1.54) is 0 Å². The second-order valence-corrected chi connectivity index (χ2v) is 4.52. The number of hydrogen-bond donors (Lipinski definition) is 2. The summed E-state index contributed by atoms with van der Waals surface area (Å²) in [6.07, 6.45) is 0.507. The highest BCUT2D eigenvalue weighted by atomic mass is 79.9. The summed E-state index contributed by atoms with van der Waals surface area (Å²) < 4.78 is 0.891. The largest absolute Gasteiger partial charge is 0.480 e. The molecule has 0 bridgehead atoms. The second-order valence-electron chi connectivity index (χ2n) is 3.60. The van der Waals surface area contributed by atoms with Crippen LogP contribution in [0.4, 0.5) is 0 Å². The molecule has 1 aromatic rings. The molecule has 0 fully saturated rings. The normalized spacial score (nSPS) is 14.4. The lowest BCUT2D eigenvalue weighted by Crippen LogP contribution is -2.48. The minimum Gasteiger partial charge on any atom is -0.480 e. The van der Waals surface area contributed by atoms with Crippen molar-refractivity contribution in [3.05, 3.63) is 34.3 Å².